The standard InChI is InChI=1S/C20H32F/c1-7-8-11-14-20(5,6)18(19(2,3)4)15-16-12-9-10-13-17(16)21/h9-10,12-13H,7-8,11,14-15H2,1-6H3. The third kappa shape index (κ3) is 5.45. The van der Waals surface area contributed by atoms with Gasteiger partial charge in [-0.3, -0.25) is 0 Å². The second kappa shape index (κ2) is 7.42. The van der Waals surface area contributed by atoms with Crippen molar-refractivity contribution >= 4 is 0 Å². The minimum atomic E-state index is -0.0800. The van der Waals surface area contributed by atoms with Crippen LogP contribution >= 0.6 is 0 Å². The summed E-state index contributed by atoms with van der Waals surface area (Å²) in [5.41, 5.74) is 1.07. The SMILES string of the molecule is CCCCCC(C)(C)[C](Cc1ccccc1F)C(C)(C)C. The molecule has 0 bridgehead atoms. The van der Waals surface area contributed by atoms with Gasteiger partial charge in [0.2, 0.25) is 0 Å². The Hall–Kier alpha value is -0.850. The summed E-state index contributed by atoms with van der Waals surface area (Å²) in [5, 5.41) is 0. The van der Waals surface area contributed by atoms with Crippen molar-refractivity contribution in [2.24, 2.45) is 10.8 Å². The van der Waals surface area contributed by atoms with Crippen molar-refractivity contribution in [1.29, 1.82) is 0 Å². The molecule has 0 saturated heterocycles. The van der Waals surface area contributed by atoms with Crippen LogP contribution in [0.3, 0.4) is 0 Å². The molecule has 1 radical (unpaired) electrons. The first-order valence-corrected chi connectivity index (χ1v) is 8.28. The molecule has 1 aromatic carbocycles. The second-order valence-electron chi connectivity index (χ2n) is 7.84. The Balaban J connectivity index is 2.93. The van der Waals surface area contributed by atoms with E-state index in [1.165, 1.54) is 31.6 Å². The fourth-order valence-corrected chi connectivity index (χ4v) is 3.32. The highest BCUT2D eigenvalue weighted by atomic mass is 19.1. The van der Waals surface area contributed by atoms with E-state index < -0.39 is 0 Å². The molecule has 0 atom stereocenters. The molecule has 0 nitrogen and oxygen atoms in total. The van der Waals surface area contributed by atoms with E-state index in [1.807, 2.05) is 12.1 Å². The Kier molecular flexibility index (Phi) is 6.43. The van der Waals surface area contributed by atoms with E-state index >= 15 is 0 Å². The smallest absolute Gasteiger partial charge is 0.126 e. The van der Waals surface area contributed by atoms with E-state index in [0.29, 0.717) is 0 Å². The van der Waals surface area contributed by atoms with Crippen molar-refractivity contribution in [3.63, 3.8) is 0 Å². The minimum Gasteiger partial charge on any atom is -0.207 e. The third-order valence-corrected chi connectivity index (χ3v) is 4.45. The Bertz CT molecular complexity index is 426. The van der Waals surface area contributed by atoms with Crippen LogP contribution in [-0.4, -0.2) is 0 Å². The number of rotatable bonds is 7. The van der Waals surface area contributed by atoms with Gasteiger partial charge >= 0.3 is 0 Å². The maximum absolute atomic E-state index is 14.0. The van der Waals surface area contributed by atoms with Gasteiger partial charge in [0.1, 0.15) is 5.82 Å². The molecule has 0 N–H and O–H groups in total. The molecule has 0 aliphatic carbocycles. The first-order valence-electron chi connectivity index (χ1n) is 8.28. The van der Waals surface area contributed by atoms with Crippen molar-refractivity contribution in [3.05, 3.63) is 41.6 Å². The molecule has 119 valence electrons. The Morgan fingerprint density at radius 2 is 1.62 bits per heavy atom. The molecule has 0 saturated carbocycles. The largest absolute Gasteiger partial charge is 0.207 e. The average molecular weight is 291 g/mol. The maximum Gasteiger partial charge on any atom is 0.126 e. The third-order valence-electron chi connectivity index (χ3n) is 4.45. The highest BCUT2D eigenvalue weighted by Crippen LogP contribution is 2.47. The summed E-state index contributed by atoms with van der Waals surface area (Å²) in [4.78, 5) is 0. The summed E-state index contributed by atoms with van der Waals surface area (Å²) < 4.78 is 14.0. The number of halogens is 1. The van der Waals surface area contributed by atoms with Crippen molar-refractivity contribution in [3.8, 4) is 0 Å². The molecule has 0 unspecified atom stereocenters. The zero-order chi connectivity index (χ0) is 16.1. The molecule has 0 heterocycles. The van der Waals surface area contributed by atoms with Gasteiger partial charge < -0.3 is 0 Å². The van der Waals surface area contributed by atoms with E-state index in [1.54, 1.807) is 12.1 Å². The molecule has 0 aliphatic heterocycles. The van der Waals surface area contributed by atoms with E-state index in [4.69, 9.17) is 0 Å². The first-order chi connectivity index (χ1) is 9.68. The molecule has 0 amide bonds. The Morgan fingerprint density at radius 1 is 1.00 bits per heavy atom. The van der Waals surface area contributed by atoms with Crippen LogP contribution in [0.1, 0.15) is 72.8 Å². The summed E-state index contributed by atoms with van der Waals surface area (Å²) >= 11 is 0. The van der Waals surface area contributed by atoms with E-state index in [0.717, 1.165) is 12.0 Å². The Morgan fingerprint density at radius 3 is 2.14 bits per heavy atom. The lowest BCUT2D eigenvalue weighted by molar-refractivity contribution is 0.228. The predicted molar refractivity (Wildman–Crippen MR) is 90.7 cm³/mol. The van der Waals surface area contributed by atoms with Crippen LogP contribution in [0.5, 0.6) is 0 Å². The van der Waals surface area contributed by atoms with Gasteiger partial charge in [-0.1, -0.05) is 79.0 Å². The van der Waals surface area contributed by atoms with Crippen molar-refractivity contribution in [1.82, 2.24) is 0 Å². The summed E-state index contributed by atoms with van der Waals surface area (Å²) in [7, 11) is 0. The number of unbranched alkanes of at least 4 members (excludes halogenated alkanes) is 2. The van der Waals surface area contributed by atoms with Crippen molar-refractivity contribution < 1.29 is 4.39 Å². The highest BCUT2D eigenvalue weighted by Gasteiger charge is 2.38. The lowest BCUT2D eigenvalue weighted by Crippen LogP contribution is -2.34. The van der Waals surface area contributed by atoms with E-state index in [9.17, 15) is 4.39 Å². The molecule has 1 heteroatoms. The molecule has 0 spiro atoms. The van der Waals surface area contributed by atoms with Gasteiger partial charge in [-0.05, 0) is 41.2 Å². The van der Waals surface area contributed by atoms with Gasteiger partial charge in [0.05, 0.1) is 0 Å². The van der Waals surface area contributed by atoms with Crippen LogP contribution in [0.2, 0.25) is 0 Å². The summed E-state index contributed by atoms with van der Waals surface area (Å²) in [5.74, 6) is 1.37. The minimum absolute atomic E-state index is 0.0800. The molecule has 0 aromatic heterocycles. The maximum atomic E-state index is 14.0. The lowest BCUT2D eigenvalue weighted by atomic mass is 9.62. The van der Waals surface area contributed by atoms with Crippen LogP contribution in [0.4, 0.5) is 4.39 Å². The van der Waals surface area contributed by atoms with Crippen LogP contribution in [0.15, 0.2) is 24.3 Å². The number of hydrogen-bond acceptors (Lipinski definition) is 0. The lowest BCUT2D eigenvalue weighted by Gasteiger charge is -2.43. The summed E-state index contributed by atoms with van der Waals surface area (Å²) in [6, 6.07) is 7.19. The average Bonchev–Trinajstić information content (AvgIpc) is 2.36. The van der Waals surface area contributed by atoms with Crippen molar-refractivity contribution in [2.45, 2.75) is 73.6 Å². The molecule has 0 fully saturated rings. The quantitative estimate of drug-likeness (QED) is 0.497. The normalized spacial score (nSPS) is 13.0. The van der Waals surface area contributed by atoms with Gasteiger partial charge in [-0.25, -0.2) is 4.39 Å². The van der Waals surface area contributed by atoms with Gasteiger partial charge in [0.25, 0.3) is 0 Å². The molecule has 1 aromatic rings. The molecular weight excluding hydrogens is 259 g/mol. The molecular formula is C20H32F. The van der Waals surface area contributed by atoms with Gasteiger partial charge in [0, 0.05) is 0 Å². The molecule has 1 rings (SSSR count). The predicted octanol–water partition coefficient (Wildman–Crippen LogP) is 6.60. The Labute approximate surface area is 131 Å². The monoisotopic (exact) mass is 291 g/mol. The summed E-state index contributed by atoms with van der Waals surface area (Å²) in [6.07, 6.45) is 5.70. The van der Waals surface area contributed by atoms with Crippen LogP contribution in [0, 0.1) is 22.6 Å². The summed E-state index contributed by atoms with van der Waals surface area (Å²) in [6.45, 7) is 13.6. The highest BCUT2D eigenvalue weighted by molar-refractivity contribution is 5.25. The molecule has 21 heavy (non-hydrogen) atoms. The molecule has 0 aliphatic rings. The van der Waals surface area contributed by atoms with Crippen LogP contribution in [-0.2, 0) is 6.42 Å². The van der Waals surface area contributed by atoms with Crippen LogP contribution < -0.4 is 0 Å². The van der Waals surface area contributed by atoms with E-state index in [-0.39, 0.29) is 16.6 Å². The number of benzene rings is 1. The van der Waals surface area contributed by atoms with Gasteiger partial charge in [-0.15, -0.1) is 0 Å². The topological polar surface area (TPSA) is 0 Å². The first kappa shape index (κ1) is 18.2. The van der Waals surface area contributed by atoms with E-state index in [2.05, 4.69) is 41.5 Å². The van der Waals surface area contributed by atoms with Gasteiger partial charge in [-0.2, -0.15) is 0 Å². The zero-order valence-electron chi connectivity index (χ0n) is 14.7. The number of hydrogen-bond donors (Lipinski definition) is 0. The fourth-order valence-electron chi connectivity index (χ4n) is 3.32. The van der Waals surface area contributed by atoms with Gasteiger partial charge in [0.15, 0.2) is 0 Å². The van der Waals surface area contributed by atoms with Crippen LogP contribution in [0.25, 0.3) is 0 Å². The second-order valence-corrected chi connectivity index (χ2v) is 7.84. The fraction of sp³-hybridized carbons (Fsp3) is 0.650. The van der Waals surface area contributed by atoms with Crippen molar-refractivity contribution in [2.75, 3.05) is 0 Å². The zero-order valence-corrected chi connectivity index (χ0v) is 14.7.